The zero-order valence-electron chi connectivity index (χ0n) is 11.5. The molecule has 21 heavy (non-hydrogen) atoms. The summed E-state index contributed by atoms with van der Waals surface area (Å²) >= 11 is 0. The Morgan fingerprint density at radius 3 is 2.19 bits per heavy atom. The Morgan fingerprint density at radius 1 is 1.00 bits per heavy atom. The van der Waals surface area contributed by atoms with Gasteiger partial charge in [0.05, 0.1) is 0 Å². The fraction of sp³-hybridized carbons (Fsp3) is 0.235. The molecule has 2 N–H and O–H groups in total. The van der Waals surface area contributed by atoms with Crippen LogP contribution in [-0.4, -0.2) is 23.7 Å². The molecular weight excluding hydrogens is 286 g/mol. The molecule has 0 amide bonds. The average molecular weight is 304 g/mol. The lowest BCUT2D eigenvalue weighted by Crippen LogP contribution is -2.29. The van der Waals surface area contributed by atoms with Gasteiger partial charge in [0.15, 0.2) is 0 Å². The maximum absolute atomic E-state index is 11.0. The molecule has 0 bridgehead atoms. The second-order valence-corrected chi connectivity index (χ2v) is 5.22. The zero-order chi connectivity index (χ0) is 13.9. The first-order valence-electron chi connectivity index (χ1n) is 6.85. The van der Waals surface area contributed by atoms with Gasteiger partial charge >= 0.3 is 5.97 Å². The minimum absolute atomic E-state index is 0. The Bertz CT molecular complexity index is 598. The van der Waals surface area contributed by atoms with Crippen LogP contribution in [0, 0.1) is 0 Å². The molecule has 3 nitrogen and oxygen atoms in total. The molecule has 2 aromatic rings. The molecule has 0 radical (unpaired) electrons. The van der Waals surface area contributed by atoms with Crippen molar-refractivity contribution >= 4 is 18.4 Å². The summed E-state index contributed by atoms with van der Waals surface area (Å²) in [5, 5.41) is 12.1. The number of carboxylic acids is 1. The van der Waals surface area contributed by atoms with Crippen LogP contribution in [0.5, 0.6) is 0 Å². The molecule has 0 spiro atoms. The minimum Gasteiger partial charge on any atom is -0.480 e. The summed E-state index contributed by atoms with van der Waals surface area (Å²) in [6, 6.07) is 18.3. The molecule has 1 aliphatic rings. The van der Waals surface area contributed by atoms with Crippen LogP contribution in [0.1, 0.15) is 17.9 Å². The first-order chi connectivity index (χ1) is 9.74. The van der Waals surface area contributed by atoms with E-state index >= 15 is 0 Å². The number of halogens is 1. The van der Waals surface area contributed by atoms with Gasteiger partial charge in [-0.25, -0.2) is 0 Å². The van der Waals surface area contributed by atoms with Crippen LogP contribution in [0.15, 0.2) is 54.6 Å². The van der Waals surface area contributed by atoms with Crippen LogP contribution in [0.25, 0.3) is 11.1 Å². The van der Waals surface area contributed by atoms with Gasteiger partial charge in [-0.15, -0.1) is 12.4 Å². The third-order valence-corrected chi connectivity index (χ3v) is 3.92. The number of benzene rings is 2. The van der Waals surface area contributed by atoms with E-state index in [9.17, 15) is 4.79 Å². The third-order valence-electron chi connectivity index (χ3n) is 3.92. The van der Waals surface area contributed by atoms with Crippen molar-refractivity contribution in [3.63, 3.8) is 0 Å². The zero-order valence-corrected chi connectivity index (χ0v) is 12.3. The molecule has 1 fully saturated rings. The first-order valence-corrected chi connectivity index (χ1v) is 6.85. The van der Waals surface area contributed by atoms with E-state index in [0.717, 1.165) is 6.54 Å². The normalized spacial score (nSPS) is 20.8. The minimum atomic E-state index is -0.756. The van der Waals surface area contributed by atoms with Gasteiger partial charge in [0, 0.05) is 6.54 Å². The lowest BCUT2D eigenvalue weighted by molar-refractivity contribution is -0.139. The van der Waals surface area contributed by atoms with Crippen molar-refractivity contribution in [3.05, 3.63) is 60.2 Å². The maximum atomic E-state index is 11.0. The van der Waals surface area contributed by atoms with E-state index in [0.29, 0.717) is 12.3 Å². The van der Waals surface area contributed by atoms with Gasteiger partial charge in [0.25, 0.3) is 0 Å². The highest BCUT2D eigenvalue weighted by Gasteiger charge is 2.29. The summed E-state index contributed by atoms with van der Waals surface area (Å²) < 4.78 is 0. The molecule has 4 heteroatoms. The van der Waals surface area contributed by atoms with Crippen molar-refractivity contribution in [1.29, 1.82) is 0 Å². The predicted molar refractivity (Wildman–Crippen MR) is 85.9 cm³/mol. The molecule has 1 saturated heterocycles. The van der Waals surface area contributed by atoms with Crippen molar-refractivity contribution in [3.8, 4) is 11.1 Å². The number of rotatable bonds is 3. The Balaban J connectivity index is 0.00000161. The van der Waals surface area contributed by atoms with Gasteiger partial charge < -0.3 is 10.4 Å². The van der Waals surface area contributed by atoms with Crippen molar-refractivity contribution < 1.29 is 9.90 Å². The SMILES string of the molecule is Cl.O=C(O)[C@@H]1C[C@H](c2ccc(-c3ccccc3)cc2)CN1. The van der Waals surface area contributed by atoms with E-state index < -0.39 is 12.0 Å². The number of nitrogens with one attached hydrogen (secondary N) is 1. The Kier molecular flexibility index (Phi) is 4.99. The van der Waals surface area contributed by atoms with E-state index in [4.69, 9.17) is 5.11 Å². The van der Waals surface area contributed by atoms with Crippen LogP contribution >= 0.6 is 12.4 Å². The number of carboxylic acid groups (broad SMARTS) is 1. The van der Waals surface area contributed by atoms with E-state index in [-0.39, 0.29) is 12.4 Å². The summed E-state index contributed by atoms with van der Waals surface area (Å²) in [5.74, 6) is -0.464. The van der Waals surface area contributed by atoms with Crippen LogP contribution < -0.4 is 5.32 Å². The Morgan fingerprint density at radius 2 is 1.62 bits per heavy atom. The number of hydrogen-bond acceptors (Lipinski definition) is 2. The maximum Gasteiger partial charge on any atom is 0.320 e. The highest BCUT2D eigenvalue weighted by molar-refractivity contribution is 5.85. The first kappa shape index (κ1) is 15.5. The van der Waals surface area contributed by atoms with Gasteiger partial charge in [0.1, 0.15) is 6.04 Å². The molecule has 0 aromatic heterocycles. The molecule has 1 heterocycles. The monoisotopic (exact) mass is 303 g/mol. The van der Waals surface area contributed by atoms with Crippen molar-refractivity contribution in [2.45, 2.75) is 18.4 Å². The number of hydrogen-bond donors (Lipinski definition) is 2. The van der Waals surface area contributed by atoms with Crippen LogP contribution in [0.4, 0.5) is 0 Å². The van der Waals surface area contributed by atoms with E-state index in [2.05, 4.69) is 41.7 Å². The summed E-state index contributed by atoms with van der Waals surface area (Å²) in [6.45, 7) is 0.738. The Labute approximate surface area is 130 Å². The van der Waals surface area contributed by atoms with Crippen molar-refractivity contribution in [2.75, 3.05) is 6.54 Å². The van der Waals surface area contributed by atoms with Crippen molar-refractivity contribution in [1.82, 2.24) is 5.32 Å². The molecule has 2 aromatic carbocycles. The second kappa shape index (κ2) is 6.74. The topological polar surface area (TPSA) is 49.3 Å². The lowest BCUT2D eigenvalue weighted by Gasteiger charge is -2.10. The van der Waals surface area contributed by atoms with E-state index in [1.54, 1.807) is 0 Å². The number of carbonyl (C=O) groups is 1. The van der Waals surface area contributed by atoms with Crippen LogP contribution in [0.3, 0.4) is 0 Å². The molecule has 3 rings (SSSR count). The Hall–Kier alpha value is -1.84. The highest BCUT2D eigenvalue weighted by Crippen LogP contribution is 2.28. The summed E-state index contributed by atoms with van der Waals surface area (Å²) in [7, 11) is 0. The average Bonchev–Trinajstić information content (AvgIpc) is 2.98. The summed E-state index contributed by atoms with van der Waals surface area (Å²) in [6.07, 6.45) is 0.667. The van der Waals surface area contributed by atoms with Gasteiger partial charge in [0.2, 0.25) is 0 Å². The van der Waals surface area contributed by atoms with Crippen LogP contribution in [0.2, 0.25) is 0 Å². The molecule has 0 saturated carbocycles. The smallest absolute Gasteiger partial charge is 0.320 e. The largest absolute Gasteiger partial charge is 0.480 e. The highest BCUT2D eigenvalue weighted by atomic mass is 35.5. The molecular formula is C17H18ClNO2. The second-order valence-electron chi connectivity index (χ2n) is 5.22. The van der Waals surface area contributed by atoms with Gasteiger partial charge in [-0.3, -0.25) is 4.79 Å². The quantitative estimate of drug-likeness (QED) is 0.914. The van der Waals surface area contributed by atoms with Gasteiger partial charge in [-0.2, -0.15) is 0 Å². The summed E-state index contributed by atoms with van der Waals surface area (Å²) in [4.78, 5) is 11.0. The molecule has 1 aliphatic heterocycles. The predicted octanol–water partition coefficient (Wildman–Crippen LogP) is 3.31. The molecule has 2 atom stereocenters. The third kappa shape index (κ3) is 3.43. The number of aliphatic carboxylic acids is 1. The fourth-order valence-electron chi connectivity index (χ4n) is 2.76. The molecule has 110 valence electrons. The summed E-state index contributed by atoms with van der Waals surface area (Å²) in [5.41, 5.74) is 3.60. The van der Waals surface area contributed by atoms with Crippen molar-refractivity contribution in [2.24, 2.45) is 0 Å². The van der Waals surface area contributed by atoms with Gasteiger partial charge in [-0.05, 0) is 29.0 Å². The van der Waals surface area contributed by atoms with E-state index in [1.165, 1.54) is 16.7 Å². The van der Waals surface area contributed by atoms with E-state index in [1.807, 2.05) is 18.2 Å². The van der Waals surface area contributed by atoms with Crippen LogP contribution in [-0.2, 0) is 4.79 Å². The van der Waals surface area contributed by atoms with Gasteiger partial charge in [-0.1, -0.05) is 54.6 Å². The fourth-order valence-corrected chi connectivity index (χ4v) is 2.76. The molecule has 0 unspecified atom stereocenters. The lowest BCUT2D eigenvalue weighted by atomic mass is 9.94. The standard InChI is InChI=1S/C17H17NO2.ClH/c19-17(20)16-10-15(11-18-16)14-8-6-13(7-9-14)12-4-2-1-3-5-12;/h1-9,15-16,18H,10-11H2,(H,19,20);1H/t15-,16-;/m0./s1. The molecule has 0 aliphatic carbocycles.